The molecule has 0 saturated heterocycles. The summed E-state index contributed by atoms with van der Waals surface area (Å²) < 4.78 is 28.7. The van der Waals surface area contributed by atoms with Gasteiger partial charge in [0.1, 0.15) is 0 Å². The van der Waals surface area contributed by atoms with Crippen molar-refractivity contribution < 1.29 is 13.2 Å². The van der Waals surface area contributed by atoms with E-state index in [-0.39, 0.29) is 10.8 Å². The van der Waals surface area contributed by atoms with Crippen molar-refractivity contribution in [1.29, 1.82) is 0 Å². The van der Waals surface area contributed by atoms with Gasteiger partial charge in [0.25, 0.3) is 15.9 Å². The molecule has 7 heteroatoms. The van der Waals surface area contributed by atoms with Gasteiger partial charge in [-0.05, 0) is 74.0 Å². The van der Waals surface area contributed by atoms with Crippen molar-refractivity contribution in [2.45, 2.75) is 18.7 Å². The number of carbonyl (C=O) groups excluding carboxylic acids is 1. The van der Waals surface area contributed by atoms with Gasteiger partial charge >= 0.3 is 0 Å². The van der Waals surface area contributed by atoms with E-state index in [1.54, 1.807) is 42.5 Å². The normalized spacial score (nSPS) is 11.1. The van der Waals surface area contributed by atoms with Crippen molar-refractivity contribution >= 4 is 43.2 Å². The Bertz CT molecular complexity index is 1110. The van der Waals surface area contributed by atoms with Gasteiger partial charge in [-0.15, -0.1) is 0 Å². The third kappa shape index (κ3) is 4.79. The summed E-state index contributed by atoms with van der Waals surface area (Å²) in [6.07, 6.45) is 0. The third-order valence-electron chi connectivity index (χ3n) is 4.16. The minimum absolute atomic E-state index is 0.120. The Morgan fingerprint density at radius 3 is 2.14 bits per heavy atom. The molecule has 0 radical (unpaired) electrons. The summed E-state index contributed by atoms with van der Waals surface area (Å²) in [6, 6.07) is 18.5. The number of hydrogen-bond acceptors (Lipinski definition) is 3. The molecule has 2 N–H and O–H groups in total. The predicted octanol–water partition coefficient (Wildman–Crippen LogP) is 5.12. The summed E-state index contributed by atoms with van der Waals surface area (Å²) in [4.78, 5) is 12.4. The van der Waals surface area contributed by atoms with Crippen LogP contribution in [-0.2, 0) is 10.0 Å². The van der Waals surface area contributed by atoms with Crippen molar-refractivity contribution in [3.05, 3.63) is 87.9 Å². The van der Waals surface area contributed by atoms with Crippen LogP contribution in [0.2, 0.25) is 0 Å². The lowest BCUT2D eigenvalue weighted by Gasteiger charge is -2.12. The molecule has 0 unspecified atom stereocenters. The van der Waals surface area contributed by atoms with Crippen molar-refractivity contribution in [3.8, 4) is 0 Å². The zero-order chi connectivity index (χ0) is 20.3. The first-order chi connectivity index (χ1) is 13.2. The summed E-state index contributed by atoms with van der Waals surface area (Å²) >= 11 is 3.32. The molecule has 0 atom stereocenters. The zero-order valence-corrected chi connectivity index (χ0v) is 17.8. The molecule has 5 nitrogen and oxygen atoms in total. The molecular formula is C21H19BrN2O3S. The first kappa shape index (κ1) is 20.1. The van der Waals surface area contributed by atoms with Gasteiger partial charge in [-0.2, -0.15) is 0 Å². The van der Waals surface area contributed by atoms with Gasteiger partial charge in [-0.3, -0.25) is 9.52 Å². The summed E-state index contributed by atoms with van der Waals surface area (Å²) in [5.74, 6) is -0.267. The van der Waals surface area contributed by atoms with Crippen LogP contribution in [0.3, 0.4) is 0 Å². The molecule has 0 bridgehead atoms. The molecule has 0 spiro atoms. The van der Waals surface area contributed by atoms with E-state index in [9.17, 15) is 13.2 Å². The SMILES string of the molecule is Cc1ccc(NS(=O)(=O)c2ccc(NC(=O)c3ccc(Br)cc3)cc2)c(C)c1. The summed E-state index contributed by atoms with van der Waals surface area (Å²) in [5.41, 5.74) is 3.47. The third-order valence-corrected chi connectivity index (χ3v) is 6.07. The number of halogens is 1. The van der Waals surface area contributed by atoms with Crippen LogP contribution in [0.5, 0.6) is 0 Å². The monoisotopic (exact) mass is 458 g/mol. The highest BCUT2D eigenvalue weighted by Gasteiger charge is 2.15. The Morgan fingerprint density at radius 2 is 1.54 bits per heavy atom. The Hall–Kier alpha value is -2.64. The predicted molar refractivity (Wildman–Crippen MR) is 115 cm³/mol. The van der Waals surface area contributed by atoms with E-state index in [2.05, 4.69) is 26.0 Å². The Balaban J connectivity index is 1.74. The fourth-order valence-electron chi connectivity index (χ4n) is 2.65. The molecule has 0 aliphatic carbocycles. The van der Waals surface area contributed by atoms with Gasteiger partial charge in [0.2, 0.25) is 0 Å². The van der Waals surface area contributed by atoms with Gasteiger partial charge in [0, 0.05) is 15.7 Å². The van der Waals surface area contributed by atoms with E-state index in [1.165, 1.54) is 12.1 Å². The lowest BCUT2D eigenvalue weighted by Crippen LogP contribution is -2.14. The van der Waals surface area contributed by atoms with E-state index in [4.69, 9.17) is 0 Å². The second kappa shape index (κ2) is 8.16. The van der Waals surface area contributed by atoms with Crippen molar-refractivity contribution in [2.24, 2.45) is 0 Å². The number of anilines is 2. The lowest BCUT2D eigenvalue weighted by molar-refractivity contribution is 0.102. The van der Waals surface area contributed by atoms with E-state index in [0.717, 1.165) is 15.6 Å². The van der Waals surface area contributed by atoms with Crippen molar-refractivity contribution in [3.63, 3.8) is 0 Å². The molecule has 144 valence electrons. The zero-order valence-electron chi connectivity index (χ0n) is 15.4. The second-order valence-electron chi connectivity index (χ2n) is 6.41. The Morgan fingerprint density at radius 1 is 0.893 bits per heavy atom. The molecule has 0 fully saturated rings. The Labute approximate surface area is 173 Å². The smallest absolute Gasteiger partial charge is 0.261 e. The largest absolute Gasteiger partial charge is 0.322 e. The van der Waals surface area contributed by atoms with E-state index in [0.29, 0.717) is 16.9 Å². The molecule has 1 amide bonds. The van der Waals surface area contributed by atoms with Crippen LogP contribution in [0.1, 0.15) is 21.5 Å². The average molecular weight is 459 g/mol. The standard InChI is InChI=1S/C21H19BrN2O3S/c1-14-3-12-20(15(2)13-14)24-28(26,27)19-10-8-18(9-11-19)23-21(25)16-4-6-17(22)7-5-16/h3-13,24H,1-2H3,(H,23,25). The number of carbonyl (C=O) groups is 1. The fraction of sp³-hybridized carbons (Fsp3) is 0.0952. The lowest BCUT2D eigenvalue weighted by atomic mass is 10.1. The highest BCUT2D eigenvalue weighted by atomic mass is 79.9. The number of hydrogen-bond donors (Lipinski definition) is 2. The van der Waals surface area contributed by atoms with Crippen LogP contribution in [0.25, 0.3) is 0 Å². The summed E-state index contributed by atoms with van der Waals surface area (Å²) in [6.45, 7) is 3.80. The maximum absolute atomic E-state index is 12.6. The molecular weight excluding hydrogens is 440 g/mol. The highest BCUT2D eigenvalue weighted by Crippen LogP contribution is 2.22. The van der Waals surface area contributed by atoms with Crippen molar-refractivity contribution in [1.82, 2.24) is 0 Å². The van der Waals surface area contributed by atoms with Crippen molar-refractivity contribution in [2.75, 3.05) is 10.0 Å². The number of benzene rings is 3. The van der Waals surface area contributed by atoms with Crippen LogP contribution in [0.4, 0.5) is 11.4 Å². The first-order valence-electron chi connectivity index (χ1n) is 8.52. The highest BCUT2D eigenvalue weighted by molar-refractivity contribution is 9.10. The van der Waals surface area contributed by atoms with Gasteiger partial charge < -0.3 is 5.32 Å². The minimum Gasteiger partial charge on any atom is -0.322 e. The van der Waals surface area contributed by atoms with E-state index < -0.39 is 10.0 Å². The number of amides is 1. The molecule has 0 heterocycles. The first-order valence-corrected chi connectivity index (χ1v) is 10.8. The molecule has 28 heavy (non-hydrogen) atoms. The topological polar surface area (TPSA) is 75.3 Å². The number of rotatable bonds is 5. The quantitative estimate of drug-likeness (QED) is 0.556. The van der Waals surface area contributed by atoms with E-state index >= 15 is 0 Å². The average Bonchev–Trinajstić information content (AvgIpc) is 2.65. The molecule has 3 rings (SSSR count). The van der Waals surface area contributed by atoms with Gasteiger partial charge in [0.05, 0.1) is 10.6 Å². The maximum Gasteiger partial charge on any atom is 0.261 e. The molecule has 0 saturated carbocycles. The van der Waals surface area contributed by atoms with Crippen LogP contribution in [-0.4, -0.2) is 14.3 Å². The van der Waals surface area contributed by atoms with Crippen LogP contribution < -0.4 is 10.0 Å². The van der Waals surface area contributed by atoms with Gasteiger partial charge in [0.15, 0.2) is 0 Å². The minimum atomic E-state index is -3.72. The van der Waals surface area contributed by atoms with Crippen LogP contribution in [0, 0.1) is 13.8 Å². The maximum atomic E-state index is 12.6. The van der Waals surface area contributed by atoms with E-state index in [1.807, 2.05) is 26.0 Å². The molecule has 3 aromatic carbocycles. The summed E-state index contributed by atoms with van der Waals surface area (Å²) in [7, 11) is -3.72. The Kier molecular flexibility index (Phi) is 5.86. The number of sulfonamides is 1. The second-order valence-corrected chi connectivity index (χ2v) is 9.01. The molecule has 0 aliphatic heterocycles. The molecule has 3 aromatic rings. The van der Waals surface area contributed by atoms with Crippen LogP contribution in [0.15, 0.2) is 76.1 Å². The number of nitrogens with one attached hydrogen (secondary N) is 2. The molecule has 0 aliphatic rings. The van der Waals surface area contributed by atoms with Gasteiger partial charge in [-0.25, -0.2) is 8.42 Å². The summed E-state index contributed by atoms with van der Waals surface area (Å²) in [5, 5.41) is 2.75. The fourth-order valence-corrected chi connectivity index (χ4v) is 4.05. The molecule has 0 aromatic heterocycles. The van der Waals surface area contributed by atoms with Gasteiger partial charge in [-0.1, -0.05) is 33.6 Å². The number of aryl methyl sites for hydroxylation is 2. The van der Waals surface area contributed by atoms with Crippen LogP contribution >= 0.6 is 15.9 Å².